The monoisotopic (exact) mass is 313 g/mol. The van der Waals surface area contributed by atoms with E-state index in [4.69, 9.17) is 4.52 Å². The van der Waals surface area contributed by atoms with E-state index in [1.54, 1.807) is 11.3 Å². The van der Waals surface area contributed by atoms with Gasteiger partial charge in [-0.1, -0.05) is 35.5 Å². The molecule has 3 aromatic rings. The molecule has 1 unspecified atom stereocenters. The molecule has 0 aliphatic carbocycles. The van der Waals surface area contributed by atoms with Crippen LogP contribution in [0.3, 0.4) is 0 Å². The Kier molecular flexibility index (Phi) is 4.65. The molecule has 1 atom stereocenters. The Labute approximate surface area is 134 Å². The summed E-state index contributed by atoms with van der Waals surface area (Å²) in [6.07, 6.45) is 0.696. The van der Waals surface area contributed by atoms with Crippen LogP contribution >= 0.6 is 11.3 Å². The van der Waals surface area contributed by atoms with Gasteiger partial charge in [-0.15, -0.1) is 11.3 Å². The highest BCUT2D eigenvalue weighted by Gasteiger charge is 2.14. The van der Waals surface area contributed by atoms with E-state index in [1.165, 1.54) is 15.3 Å². The highest BCUT2D eigenvalue weighted by Crippen LogP contribution is 2.17. The van der Waals surface area contributed by atoms with Gasteiger partial charge in [0.15, 0.2) is 5.82 Å². The second-order valence-corrected chi connectivity index (χ2v) is 6.70. The summed E-state index contributed by atoms with van der Waals surface area (Å²) in [5.74, 6) is 1.36. The highest BCUT2D eigenvalue weighted by molar-refractivity contribution is 7.11. The van der Waals surface area contributed by atoms with Gasteiger partial charge in [-0.25, -0.2) is 0 Å². The average molecular weight is 313 g/mol. The van der Waals surface area contributed by atoms with Gasteiger partial charge in [0.25, 0.3) is 0 Å². The Balaban J connectivity index is 1.58. The van der Waals surface area contributed by atoms with Gasteiger partial charge in [0.2, 0.25) is 5.89 Å². The summed E-state index contributed by atoms with van der Waals surface area (Å²) in [5.41, 5.74) is 1.18. The molecule has 0 saturated carbocycles. The van der Waals surface area contributed by atoms with E-state index in [2.05, 4.69) is 46.6 Å². The number of rotatable bonds is 6. The molecule has 0 spiro atoms. The first-order valence-electron chi connectivity index (χ1n) is 7.36. The summed E-state index contributed by atoms with van der Waals surface area (Å²) >= 11 is 1.80. The zero-order valence-electron chi connectivity index (χ0n) is 12.7. The Bertz CT molecular complexity index is 720. The molecule has 0 aliphatic heterocycles. The Hall–Kier alpha value is -1.98. The maximum Gasteiger partial charge on any atom is 0.243 e. The van der Waals surface area contributed by atoms with Gasteiger partial charge < -0.3 is 9.84 Å². The first kappa shape index (κ1) is 14.9. The van der Waals surface area contributed by atoms with Crippen LogP contribution in [0.4, 0.5) is 0 Å². The topological polar surface area (TPSA) is 51.0 Å². The standard InChI is InChI=1S/C17H19N3OS/c1-12-8-9-15(22-12)11-18-13(2)17-19-16(20-21-17)10-14-6-4-3-5-7-14/h3-9,13,18H,10-11H2,1-2H3. The number of aromatic nitrogens is 2. The summed E-state index contributed by atoms with van der Waals surface area (Å²) in [5, 5.41) is 7.49. The second kappa shape index (κ2) is 6.85. The fraction of sp³-hybridized carbons (Fsp3) is 0.294. The number of nitrogens with zero attached hydrogens (tertiary/aromatic N) is 2. The molecule has 3 rings (SSSR count). The Morgan fingerprint density at radius 1 is 1.18 bits per heavy atom. The third-order valence-electron chi connectivity index (χ3n) is 3.44. The molecule has 5 heteroatoms. The van der Waals surface area contributed by atoms with Crippen molar-refractivity contribution in [3.8, 4) is 0 Å². The number of hydrogen-bond donors (Lipinski definition) is 1. The zero-order valence-corrected chi connectivity index (χ0v) is 13.6. The first-order valence-corrected chi connectivity index (χ1v) is 8.17. The van der Waals surface area contributed by atoms with Gasteiger partial charge in [0.1, 0.15) is 0 Å². The Morgan fingerprint density at radius 3 is 2.73 bits per heavy atom. The van der Waals surface area contributed by atoms with Crippen LogP contribution in [0.25, 0.3) is 0 Å². The fourth-order valence-electron chi connectivity index (χ4n) is 2.21. The summed E-state index contributed by atoms with van der Waals surface area (Å²) in [4.78, 5) is 7.13. The van der Waals surface area contributed by atoms with Crippen LogP contribution < -0.4 is 5.32 Å². The maximum absolute atomic E-state index is 5.37. The lowest BCUT2D eigenvalue weighted by atomic mass is 10.1. The third kappa shape index (κ3) is 3.81. The van der Waals surface area contributed by atoms with E-state index < -0.39 is 0 Å². The summed E-state index contributed by atoms with van der Waals surface area (Å²) < 4.78 is 5.37. The van der Waals surface area contributed by atoms with E-state index in [0.29, 0.717) is 12.3 Å². The Morgan fingerprint density at radius 2 is 2.00 bits per heavy atom. The number of thiophene rings is 1. The second-order valence-electron chi connectivity index (χ2n) is 5.33. The molecular weight excluding hydrogens is 294 g/mol. The van der Waals surface area contributed by atoms with Crippen molar-refractivity contribution in [3.05, 3.63) is 69.5 Å². The summed E-state index contributed by atoms with van der Waals surface area (Å²) in [6.45, 7) is 4.97. The molecule has 0 saturated heterocycles. The fourth-order valence-corrected chi connectivity index (χ4v) is 3.06. The molecule has 2 aromatic heterocycles. The molecule has 1 N–H and O–H groups in total. The van der Waals surface area contributed by atoms with Crippen molar-refractivity contribution in [3.63, 3.8) is 0 Å². The van der Waals surface area contributed by atoms with E-state index in [0.717, 1.165) is 12.4 Å². The molecule has 0 radical (unpaired) electrons. The van der Waals surface area contributed by atoms with Crippen LogP contribution in [0.2, 0.25) is 0 Å². The van der Waals surface area contributed by atoms with Crippen molar-refractivity contribution in [1.82, 2.24) is 15.5 Å². The number of hydrogen-bond acceptors (Lipinski definition) is 5. The van der Waals surface area contributed by atoms with Crippen molar-refractivity contribution in [1.29, 1.82) is 0 Å². The molecule has 0 bridgehead atoms. The largest absolute Gasteiger partial charge is 0.338 e. The normalized spacial score (nSPS) is 12.5. The lowest BCUT2D eigenvalue weighted by Crippen LogP contribution is -2.17. The van der Waals surface area contributed by atoms with Crippen LogP contribution in [0.5, 0.6) is 0 Å². The van der Waals surface area contributed by atoms with Crippen LogP contribution in [0.15, 0.2) is 47.0 Å². The zero-order chi connectivity index (χ0) is 15.4. The molecule has 0 fully saturated rings. The van der Waals surface area contributed by atoms with Gasteiger partial charge >= 0.3 is 0 Å². The van der Waals surface area contributed by atoms with Gasteiger partial charge in [-0.05, 0) is 31.5 Å². The van der Waals surface area contributed by atoms with Gasteiger partial charge in [-0.2, -0.15) is 4.98 Å². The number of aryl methyl sites for hydroxylation is 1. The molecule has 4 nitrogen and oxygen atoms in total. The summed E-state index contributed by atoms with van der Waals surface area (Å²) in [7, 11) is 0. The lowest BCUT2D eigenvalue weighted by molar-refractivity contribution is 0.336. The van der Waals surface area contributed by atoms with Gasteiger partial charge in [0.05, 0.1) is 6.04 Å². The van der Waals surface area contributed by atoms with Crippen LogP contribution in [0.1, 0.15) is 40.0 Å². The predicted molar refractivity (Wildman–Crippen MR) is 87.9 cm³/mol. The maximum atomic E-state index is 5.37. The van der Waals surface area contributed by atoms with Crippen LogP contribution in [-0.2, 0) is 13.0 Å². The van der Waals surface area contributed by atoms with E-state index in [9.17, 15) is 0 Å². The van der Waals surface area contributed by atoms with Crippen molar-refractivity contribution >= 4 is 11.3 Å². The number of benzene rings is 1. The molecular formula is C17H19N3OS. The minimum atomic E-state index is 0.0411. The van der Waals surface area contributed by atoms with Crippen molar-refractivity contribution in [2.45, 2.75) is 32.9 Å². The van der Waals surface area contributed by atoms with E-state index in [1.807, 2.05) is 25.1 Å². The molecule has 114 valence electrons. The molecule has 1 aromatic carbocycles. The quantitative estimate of drug-likeness (QED) is 0.750. The van der Waals surface area contributed by atoms with Crippen molar-refractivity contribution in [2.75, 3.05) is 0 Å². The molecule has 0 aliphatic rings. The minimum Gasteiger partial charge on any atom is -0.338 e. The molecule has 0 amide bonds. The van der Waals surface area contributed by atoms with Crippen molar-refractivity contribution < 1.29 is 4.52 Å². The van der Waals surface area contributed by atoms with E-state index in [-0.39, 0.29) is 6.04 Å². The number of nitrogens with one attached hydrogen (secondary N) is 1. The average Bonchev–Trinajstić information content (AvgIpc) is 3.15. The van der Waals surface area contributed by atoms with Gasteiger partial charge in [0, 0.05) is 22.7 Å². The molecule has 2 heterocycles. The van der Waals surface area contributed by atoms with Crippen LogP contribution in [0, 0.1) is 6.92 Å². The van der Waals surface area contributed by atoms with Crippen LogP contribution in [-0.4, -0.2) is 10.1 Å². The van der Waals surface area contributed by atoms with E-state index >= 15 is 0 Å². The predicted octanol–water partition coefficient (Wildman–Crippen LogP) is 3.88. The van der Waals surface area contributed by atoms with Gasteiger partial charge in [-0.3, -0.25) is 0 Å². The van der Waals surface area contributed by atoms with Crippen molar-refractivity contribution in [2.24, 2.45) is 0 Å². The molecule has 22 heavy (non-hydrogen) atoms. The minimum absolute atomic E-state index is 0.0411. The SMILES string of the molecule is Cc1ccc(CNC(C)c2nc(Cc3ccccc3)no2)s1. The highest BCUT2D eigenvalue weighted by atomic mass is 32.1. The first-order chi connectivity index (χ1) is 10.7. The summed E-state index contributed by atoms with van der Waals surface area (Å²) in [6, 6.07) is 14.5. The smallest absolute Gasteiger partial charge is 0.243 e. The lowest BCUT2D eigenvalue weighted by Gasteiger charge is -2.07. The third-order valence-corrected chi connectivity index (χ3v) is 4.44.